The van der Waals surface area contributed by atoms with Crippen molar-refractivity contribution in [3.63, 3.8) is 0 Å². The SMILES string of the molecule is CCCNCC(=O)N1CCC(C)(CC)CC1. The van der Waals surface area contributed by atoms with Crippen LogP contribution in [0.5, 0.6) is 0 Å². The number of carbonyl (C=O) groups is 1. The zero-order valence-electron chi connectivity index (χ0n) is 11.0. The highest BCUT2D eigenvalue weighted by Crippen LogP contribution is 2.33. The van der Waals surface area contributed by atoms with E-state index in [1.165, 1.54) is 6.42 Å². The van der Waals surface area contributed by atoms with Crippen LogP contribution in [0.25, 0.3) is 0 Å². The standard InChI is InChI=1S/C13H26N2O/c1-4-8-14-11-12(16)15-9-6-13(3,5-2)7-10-15/h14H,4-11H2,1-3H3. The molecule has 1 saturated heterocycles. The molecule has 1 N–H and O–H groups in total. The van der Waals surface area contributed by atoms with Crippen molar-refractivity contribution < 1.29 is 4.79 Å². The molecule has 0 spiro atoms. The van der Waals surface area contributed by atoms with E-state index in [0.717, 1.165) is 38.9 Å². The maximum absolute atomic E-state index is 11.8. The molecule has 1 aliphatic rings. The first kappa shape index (κ1) is 13.5. The molecule has 0 radical (unpaired) electrons. The maximum atomic E-state index is 11.8. The molecular formula is C13H26N2O. The highest BCUT2D eigenvalue weighted by Gasteiger charge is 2.29. The Bertz CT molecular complexity index is 220. The van der Waals surface area contributed by atoms with Crippen molar-refractivity contribution in [3.05, 3.63) is 0 Å². The fourth-order valence-corrected chi connectivity index (χ4v) is 2.13. The van der Waals surface area contributed by atoms with Gasteiger partial charge in [0.2, 0.25) is 5.91 Å². The molecule has 3 nitrogen and oxygen atoms in total. The van der Waals surface area contributed by atoms with Gasteiger partial charge in [-0.2, -0.15) is 0 Å². The minimum atomic E-state index is 0.270. The van der Waals surface area contributed by atoms with Crippen molar-refractivity contribution in [2.24, 2.45) is 5.41 Å². The molecule has 16 heavy (non-hydrogen) atoms. The summed E-state index contributed by atoms with van der Waals surface area (Å²) < 4.78 is 0. The molecule has 0 saturated carbocycles. The number of rotatable bonds is 5. The van der Waals surface area contributed by atoms with Gasteiger partial charge in [0.1, 0.15) is 0 Å². The minimum absolute atomic E-state index is 0.270. The Morgan fingerprint density at radius 2 is 1.94 bits per heavy atom. The molecule has 94 valence electrons. The minimum Gasteiger partial charge on any atom is -0.342 e. The monoisotopic (exact) mass is 226 g/mol. The second-order valence-electron chi connectivity index (χ2n) is 5.22. The zero-order chi connectivity index (χ0) is 12.0. The van der Waals surface area contributed by atoms with Gasteiger partial charge < -0.3 is 10.2 Å². The van der Waals surface area contributed by atoms with Gasteiger partial charge in [-0.05, 0) is 31.2 Å². The lowest BCUT2D eigenvalue weighted by Crippen LogP contribution is -2.45. The van der Waals surface area contributed by atoms with Crippen LogP contribution in [0.3, 0.4) is 0 Å². The number of likely N-dealkylation sites (tertiary alicyclic amines) is 1. The fourth-order valence-electron chi connectivity index (χ4n) is 2.13. The summed E-state index contributed by atoms with van der Waals surface area (Å²) in [6.45, 7) is 10.0. The van der Waals surface area contributed by atoms with Crippen molar-refractivity contribution in [2.45, 2.75) is 46.5 Å². The Hall–Kier alpha value is -0.570. The second-order valence-corrected chi connectivity index (χ2v) is 5.22. The first-order valence-electron chi connectivity index (χ1n) is 6.60. The van der Waals surface area contributed by atoms with E-state index in [2.05, 4.69) is 26.1 Å². The lowest BCUT2D eigenvalue weighted by molar-refractivity contribution is -0.132. The van der Waals surface area contributed by atoms with E-state index < -0.39 is 0 Å². The molecule has 1 heterocycles. The van der Waals surface area contributed by atoms with Crippen molar-refractivity contribution in [2.75, 3.05) is 26.2 Å². The van der Waals surface area contributed by atoms with Crippen LogP contribution >= 0.6 is 0 Å². The van der Waals surface area contributed by atoms with Crippen molar-refractivity contribution in [3.8, 4) is 0 Å². The Kier molecular flexibility index (Phi) is 5.26. The summed E-state index contributed by atoms with van der Waals surface area (Å²) in [6, 6.07) is 0. The highest BCUT2D eigenvalue weighted by atomic mass is 16.2. The average molecular weight is 226 g/mol. The molecule has 1 fully saturated rings. The maximum Gasteiger partial charge on any atom is 0.236 e. The van der Waals surface area contributed by atoms with E-state index >= 15 is 0 Å². The zero-order valence-corrected chi connectivity index (χ0v) is 11.0. The van der Waals surface area contributed by atoms with Gasteiger partial charge in [-0.3, -0.25) is 4.79 Å². The third-order valence-corrected chi connectivity index (χ3v) is 3.88. The van der Waals surface area contributed by atoms with Crippen LogP contribution in [0.4, 0.5) is 0 Å². The average Bonchev–Trinajstić information content (AvgIpc) is 2.30. The molecule has 0 aromatic carbocycles. The molecule has 0 aromatic rings. The molecule has 1 aliphatic heterocycles. The molecule has 0 unspecified atom stereocenters. The number of carbonyl (C=O) groups excluding carboxylic acids is 1. The summed E-state index contributed by atoms with van der Waals surface area (Å²) in [5.41, 5.74) is 0.466. The van der Waals surface area contributed by atoms with Crippen LogP contribution in [0.1, 0.15) is 46.5 Å². The fraction of sp³-hybridized carbons (Fsp3) is 0.923. The number of hydrogen-bond donors (Lipinski definition) is 1. The number of piperidine rings is 1. The Labute approximate surface area is 99.6 Å². The van der Waals surface area contributed by atoms with Crippen molar-refractivity contribution >= 4 is 5.91 Å². The molecule has 0 aliphatic carbocycles. The quantitative estimate of drug-likeness (QED) is 0.727. The van der Waals surface area contributed by atoms with Gasteiger partial charge in [0.25, 0.3) is 0 Å². The first-order valence-corrected chi connectivity index (χ1v) is 6.60. The molecule has 1 amide bonds. The Morgan fingerprint density at radius 3 is 2.44 bits per heavy atom. The van der Waals surface area contributed by atoms with Crippen LogP contribution in [0, 0.1) is 5.41 Å². The van der Waals surface area contributed by atoms with E-state index in [0.29, 0.717) is 12.0 Å². The third-order valence-electron chi connectivity index (χ3n) is 3.88. The van der Waals surface area contributed by atoms with Crippen LogP contribution in [-0.2, 0) is 4.79 Å². The number of nitrogens with zero attached hydrogens (tertiary/aromatic N) is 1. The van der Waals surface area contributed by atoms with Crippen LogP contribution < -0.4 is 5.32 Å². The summed E-state index contributed by atoms with van der Waals surface area (Å²) in [6.07, 6.45) is 4.62. The lowest BCUT2D eigenvalue weighted by Gasteiger charge is -2.39. The topological polar surface area (TPSA) is 32.3 Å². The van der Waals surface area contributed by atoms with Gasteiger partial charge in [-0.25, -0.2) is 0 Å². The van der Waals surface area contributed by atoms with Crippen LogP contribution in [0.15, 0.2) is 0 Å². The molecule has 0 bridgehead atoms. The van der Waals surface area contributed by atoms with Crippen LogP contribution in [-0.4, -0.2) is 37.0 Å². The van der Waals surface area contributed by atoms with E-state index in [9.17, 15) is 4.79 Å². The molecule has 0 aromatic heterocycles. The van der Waals surface area contributed by atoms with Crippen LogP contribution in [0.2, 0.25) is 0 Å². The van der Waals surface area contributed by atoms with Crippen molar-refractivity contribution in [1.29, 1.82) is 0 Å². The van der Waals surface area contributed by atoms with Crippen molar-refractivity contribution in [1.82, 2.24) is 10.2 Å². The summed E-state index contributed by atoms with van der Waals surface area (Å²) >= 11 is 0. The smallest absolute Gasteiger partial charge is 0.236 e. The predicted octanol–water partition coefficient (Wildman–Crippen LogP) is 2.02. The first-order chi connectivity index (χ1) is 7.61. The number of nitrogens with one attached hydrogen (secondary N) is 1. The Morgan fingerprint density at radius 1 is 1.31 bits per heavy atom. The van der Waals surface area contributed by atoms with E-state index in [4.69, 9.17) is 0 Å². The normalized spacial score (nSPS) is 19.8. The van der Waals surface area contributed by atoms with Gasteiger partial charge >= 0.3 is 0 Å². The van der Waals surface area contributed by atoms with E-state index in [-0.39, 0.29) is 5.91 Å². The summed E-state index contributed by atoms with van der Waals surface area (Å²) in [5.74, 6) is 0.270. The predicted molar refractivity (Wildman–Crippen MR) is 67.4 cm³/mol. The summed E-state index contributed by atoms with van der Waals surface area (Å²) in [4.78, 5) is 13.8. The molecule has 1 rings (SSSR count). The van der Waals surface area contributed by atoms with Gasteiger partial charge in [0, 0.05) is 13.1 Å². The third kappa shape index (κ3) is 3.78. The highest BCUT2D eigenvalue weighted by molar-refractivity contribution is 5.78. The van der Waals surface area contributed by atoms with Gasteiger partial charge in [-0.15, -0.1) is 0 Å². The van der Waals surface area contributed by atoms with Gasteiger partial charge in [0.15, 0.2) is 0 Å². The van der Waals surface area contributed by atoms with E-state index in [1.54, 1.807) is 0 Å². The second kappa shape index (κ2) is 6.24. The Balaban J connectivity index is 2.27. The summed E-state index contributed by atoms with van der Waals surface area (Å²) in [7, 11) is 0. The van der Waals surface area contributed by atoms with Gasteiger partial charge in [0.05, 0.1) is 6.54 Å². The molecule has 3 heteroatoms. The molecular weight excluding hydrogens is 200 g/mol. The molecule has 0 atom stereocenters. The van der Waals surface area contributed by atoms with E-state index in [1.807, 2.05) is 4.90 Å². The van der Waals surface area contributed by atoms with Gasteiger partial charge in [-0.1, -0.05) is 27.2 Å². The number of hydrogen-bond acceptors (Lipinski definition) is 2. The lowest BCUT2D eigenvalue weighted by atomic mass is 9.78. The number of amides is 1. The summed E-state index contributed by atoms with van der Waals surface area (Å²) in [5, 5.41) is 3.18. The largest absolute Gasteiger partial charge is 0.342 e.